The van der Waals surface area contributed by atoms with E-state index in [1.165, 1.54) is 18.2 Å². The van der Waals surface area contributed by atoms with Gasteiger partial charge in [0, 0.05) is 22.3 Å². The maximum Gasteiger partial charge on any atom is 0.390 e. The van der Waals surface area contributed by atoms with Crippen molar-refractivity contribution in [1.82, 2.24) is 5.32 Å². The summed E-state index contributed by atoms with van der Waals surface area (Å²) in [6.07, 6.45) is -5.32. The molecule has 17 heavy (non-hydrogen) atoms. The summed E-state index contributed by atoms with van der Waals surface area (Å²) in [6, 6.07) is 4.41. The van der Waals surface area contributed by atoms with E-state index in [0.717, 1.165) is 0 Å². The quantitative estimate of drug-likeness (QED) is 0.843. The second-order valence-corrected chi connectivity index (χ2v) is 4.21. The first-order valence-corrected chi connectivity index (χ1v) is 5.49. The van der Waals surface area contributed by atoms with Crippen LogP contribution in [0.15, 0.2) is 22.7 Å². The van der Waals surface area contributed by atoms with E-state index in [-0.39, 0.29) is 5.56 Å². The summed E-state index contributed by atoms with van der Waals surface area (Å²) >= 11 is 3.13. The first kappa shape index (κ1) is 13.8. The molecule has 0 atom stereocenters. The van der Waals surface area contributed by atoms with E-state index in [2.05, 4.69) is 21.2 Å². The van der Waals surface area contributed by atoms with E-state index < -0.39 is 25.0 Å². The summed E-state index contributed by atoms with van der Waals surface area (Å²) in [6.45, 7) is -0.440. The molecule has 0 aliphatic rings. The third-order valence-corrected chi connectivity index (χ3v) is 2.64. The van der Waals surface area contributed by atoms with Crippen LogP contribution in [-0.2, 0) is 0 Å². The lowest BCUT2D eigenvalue weighted by atomic mass is 10.2. The largest absolute Gasteiger partial charge is 0.398 e. The van der Waals surface area contributed by atoms with Crippen LogP contribution in [-0.4, -0.2) is 18.6 Å². The molecule has 0 radical (unpaired) electrons. The second-order valence-electron chi connectivity index (χ2n) is 3.36. The van der Waals surface area contributed by atoms with Crippen LogP contribution in [0.25, 0.3) is 0 Å². The third kappa shape index (κ3) is 4.64. The number of carbonyl (C=O) groups excluding carboxylic acids is 1. The van der Waals surface area contributed by atoms with Crippen molar-refractivity contribution in [3.8, 4) is 0 Å². The topological polar surface area (TPSA) is 55.1 Å². The number of halogens is 4. The van der Waals surface area contributed by atoms with E-state index in [9.17, 15) is 18.0 Å². The van der Waals surface area contributed by atoms with Crippen LogP contribution in [0.4, 0.5) is 18.9 Å². The highest BCUT2D eigenvalue weighted by Crippen LogP contribution is 2.21. The predicted octanol–water partition coefficient (Wildman–Crippen LogP) is 2.71. The lowest BCUT2D eigenvalue weighted by molar-refractivity contribution is -0.132. The molecule has 1 amide bonds. The van der Waals surface area contributed by atoms with Gasteiger partial charge in [0.15, 0.2) is 0 Å². The van der Waals surface area contributed by atoms with Crippen LogP contribution in [0.3, 0.4) is 0 Å². The van der Waals surface area contributed by atoms with Crippen LogP contribution in [0.5, 0.6) is 0 Å². The first-order chi connectivity index (χ1) is 7.79. The smallest absolute Gasteiger partial charge is 0.390 e. The minimum Gasteiger partial charge on any atom is -0.398 e. The van der Waals surface area contributed by atoms with E-state index in [1.54, 1.807) is 0 Å². The third-order valence-electron chi connectivity index (χ3n) is 1.96. The van der Waals surface area contributed by atoms with Crippen LogP contribution in [0, 0.1) is 0 Å². The minimum absolute atomic E-state index is 0.258. The molecule has 0 unspecified atom stereocenters. The lowest BCUT2D eigenvalue weighted by Gasteiger charge is -2.08. The standard InChI is InChI=1S/C10H10BrF3N2O/c11-7-5-6(1-2-8(7)15)9(17)16-4-3-10(12,13)14/h1-2,5H,3-4,15H2,(H,16,17). The van der Waals surface area contributed by atoms with Gasteiger partial charge in [-0.1, -0.05) is 0 Å². The van der Waals surface area contributed by atoms with Gasteiger partial charge in [0.1, 0.15) is 0 Å². The molecule has 0 saturated heterocycles. The summed E-state index contributed by atoms with van der Waals surface area (Å²) in [5, 5.41) is 2.18. The van der Waals surface area contributed by atoms with Crippen LogP contribution < -0.4 is 11.1 Å². The number of hydrogen-bond donors (Lipinski definition) is 2. The van der Waals surface area contributed by atoms with E-state index in [4.69, 9.17) is 5.73 Å². The zero-order valence-corrected chi connectivity index (χ0v) is 10.2. The van der Waals surface area contributed by atoms with E-state index >= 15 is 0 Å². The van der Waals surface area contributed by atoms with Crippen molar-refractivity contribution in [2.75, 3.05) is 12.3 Å². The second kappa shape index (κ2) is 5.39. The summed E-state index contributed by atoms with van der Waals surface area (Å²) < 4.78 is 36.1. The Labute approximate surface area is 104 Å². The van der Waals surface area contributed by atoms with Gasteiger partial charge >= 0.3 is 6.18 Å². The van der Waals surface area contributed by atoms with E-state index in [1.807, 2.05) is 0 Å². The average molecular weight is 311 g/mol. The summed E-state index contributed by atoms with van der Waals surface area (Å²) in [7, 11) is 0. The number of hydrogen-bond acceptors (Lipinski definition) is 2. The fraction of sp³-hybridized carbons (Fsp3) is 0.300. The van der Waals surface area contributed by atoms with Gasteiger partial charge in [-0.05, 0) is 34.1 Å². The maximum atomic E-state index is 11.9. The number of anilines is 1. The highest BCUT2D eigenvalue weighted by Gasteiger charge is 2.26. The van der Waals surface area contributed by atoms with Crippen molar-refractivity contribution in [2.45, 2.75) is 12.6 Å². The van der Waals surface area contributed by atoms with Crippen molar-refractivity contribution < 1.29 is 18.0 Å². The van der Waals surface area contributed by atoms with Crippen molar-refractivity contribution in [1.29, 1.82) is 0 Å². The average Bonchev–Trinajstić information content (AvgIpc) is 2.20. The van der Waals surface area contributed by atoms with Gasteiger partial charge in [0.25, 0.3) is 5.91 Å². The maximum absolute atomic E-state index is 11.9. The zero-order chi connectivity index (χ0) is 13.1. The SMILES string of the molecule is Nc1ccc(C(=O)NCCC(F)(F)F)cc1Br. The molecular formula is C10H10BrF3N2O. The molecule has 0 saturated carbocycles. The summed E-state index contributed by atoms with van der Waals surface area (Å²) in [5.41, 5.74) is 6.23. The highest BCUT2D eigenvalue weighted by molar-refractivity contribution is 9.10. The van der Waals surface area contributed by atoms with Crippen LogP contribution >= 0.6 is 15.9 Å². The number of nitrogens with two attached hydrogens (primary N) is 1. The van der Waals surface area contributed by atoms with Gasteiger partial charge in [0.2, 0.25) is 0 Å². The number of nitrogens with one attached hydrogen (secondary N) is 1. The first-order valence-electron chi connectivity index (χ1n) is 4.69. The number of alkyl halides is 3. The number of amides is 1. The Bertz CT molecular complexity index is 421. The predicted molar refractivity (Wildman–Crippen MR) is 61.6 cm³/mol. The van der Waals surface area contributed by atoms with Crippen LogP contribution in [0.1, 0.15) is 16.8 Å². The Morgan fingerprint density at radius 2 is 2.06 bits per heavy atom. The molecule has 1 rings (SSSR count). The molecule has 0 aliphatic heterocycles. The van der Waals surface area contributed by atoms with Gasteiger partial charge in [-0.2, -0.15) is 13.2 Å². The molecular weight excluding hydrogens is 301 g/mol. The Balaban J connectivity index is 2.56. The fourth-order valence-electron chi connectivity index (χ4n) is 1.09. The Kier molecular flexibility index (Phi) is 4.39. The molecule has 0 heterocycles. The minimum atomic E-state index is -4.27. The van der Waals surface area contributed by atoms with Gasteiger partial charge < -0.3 is 11.1 Å². The summed E-state index contributed by atoms with van der Waals surface area (Å²) in [4.78, 5) is 11.5. The molecule has 7 heteroatoms. The van der Waals surface area contributed by atoms with Gasteiger partial charge in [0.05, 0.1) is 6.42 Å². The van der Waals surface area contributed by atoms with Gasteiger partial charge in [-0.25, -0.2) is 0 Å². The summed E-state index contributed by atoms with van der Waals surface area (Å²) in [5.74, 6) is -0.560. The molecule has 1 aromatic rings. The van der Waals surface area contributed by atoms with Crippen molar-refractivity contribution in [3.05, 3.63) is 28.2 Å². The molecule has 0 bridgehead atoms. The molecule has 1 aromatic carbocycles. The number of rotatable bonds is 3. The van der Waals surface area contributed by atoms with Crippen LogP contribution in [0.2, 0.25) is 0 Å². The number of benzene rings is 1. The Morgan fingerprint density at radius 3 is 2.59 bits per heavy atom. The molecule has 94 valence electrons. The lowest BCUT2D eigenvalue weighted by Crippen LogP contribution is -2.27. The molecule has 3 nitrogen and oxygen atoms in total. The molecule has 0 aromatic heterocycles. The highest BCUT2D eigenvalue weighted by atomic mass is 79.9. The van der Waals surface area contributed by atoms with Crippen molar-refractivity contribution in [3.63, 3.8) is 0 Å². The van der Waals surface area contributed by atoms with Crippen molar-refractivity contribution >= 4 is 27.5 Å². The molecule has 0 spiro atoms. The monoisotopic (exact) mass is 310 g/mol. The van der Waals surface area contributed by atoms with E-state index in [0.29, 0.717) is 10.2 Å². The molecule has 0 aliphatic carbocycles. The molecule has 3 N–H and O–H groups in total. The van der Waals surface area contributed by atoms with Gasteiger partial charge in [-0.3, -0.25) is 4.79 Å². The Morgan fingerprint density at radius 1 is 1.41 bits per heavy atom. The normalized spacial score (nSPS) is 11.3. The molecule has 0 fully saturated rings. The fourth-order valence-corrected chi connectivity index (χ4v) is 1.47. The van der Waals surface area contributed by atoms with Crippen molar-refractivity contribution in [2.24, 2.45) is 0 Å². The number of carbonyl (C=O) groups is 1. The zero-order valence-electron chi connectivity index (χ0n) is 8.64. The van der Waals surface area contributed by atoms with Gasteiger partial charge in [-0.15, -0.1) is 0 Å². The number of nitrogen functional groups attached to an aromatic ring is 1. The Hall–Kier alpha value is -1.24.